The molecule has 7 nitrogen and oxygen atoms in total. The van der Waals surface area contributed by atoms with Gasteiger partial charge in [0.25, 0.3) is 11.6 Å². The van der Waals surface area contributed by atoms with Crippen molar-refractivity contribution in [2.45, 2.75) is 5.72 Å². The number of rotatable bonds is 4. The lowest BCUT2D eigenvalue weighted by Crippen LogP contribution is -2.61. The third kappa shape index (κ3) is 2.45. The van der Waals surface area contributed by atoms with Crippen LogP contribution in [0.3, 0.4) is 0 Å². The van der Waals surface area contributed by atoms with Crippen LogP contribution in [-0.2, 0) is 0 Å². The Bertz CT molecular complexity index is 794. The van der Waals surface area contributed by atoms with Crippen LogP contribution in [0.2, 0.25) is 0 Å². The number of hydrazine groups is 1. The van der Waals surface area contributed by atoms with Gasteiger partial charge in [-0.2, -0.15) is 5.43 Å². The van der Waals surface area contributed by atoms with Crippen LogP contribution in [0.25, 0.3) is 0 Å². The van der Waals surface area contributed by atoms with Gasteiger partial charge < -0.3 is 9.84 Å². The molecule has 2 aromatic rings. The summed E-state index contributed by atoms with van der Waals surface area (Å²) >= 11 is 0. The van der Waals surface area contributed by atoms with Crippen molar-refractivity contribution in [2.75, 3.05) is 7.11 Å². The monoisotopic (exact) mass is 326 g/mol. The molecule has 1 aliphatic rings. The Kier molecular flexibility index (Phi) is 3.88. The molecule has 0 radical (unpaired) electrons. The Hall–Kier alpha value is -3.03. The summed E-state index contributed by atoms with van der Waals surface area (Å²) in [6, 6.07) is 12.3. The molecule has 3 N–H and O–H groups in total. The van der Waals surface area contributed by atoms with Crippen molar-refractivity contribution >= 4 is 17.5 Å². The van der Waals surface area contributed by atoms with E-state index in [1.807, 2.05) is 0 Å². The van der Waals surface area contributed by atoms with Crippen LogP contribution >= 0.6 is 0 Å². The van der Waals surface area contributed by atoms with E-state index < -0.39 is 23.2 Å². The Labute approximate surface area is 137 Å². The molecule has 0 unspecified atom stereocenters. The van der Waals surface area contributed by atoms with Gasteiger partial charge in [-0.3, -0.25) is 19.8 Å². The van der Waals surface area contributed by atoms with E-state index in [4.69, 9.17) is 4.74 Å². The molecule has 0 heterocycles. The van der Waals surface area contributed by atoms with Crippen LogP contribution in [-0.4, -0.2) is 35.4 Å². The topological polar surface area (TPSA) is 105 Å². The first-order valence-corrected chi connectivity index (χ1v) is 7.10. The van der Waals surface area contributed by atoms with E-state index in [0.717, 1.165) is 0 Å². The normalized spacial score (nSPS) is 15.1. The van der Waals surface area contributed by atoms with Gasteiger partial charge in [0.15, 0.2) is 0 Å². The van der Waals surface area contributed by atoms with Crippen molar-refractivity contribution in [1.29, 1.82) is 0 Å². The summed E-state index contributed by atoms with van der Waals surface area (Å²) in [5.41, 5.74) is 2.32. The lowest BCUT2D eigenvalue weighted by molar-refractivity contribution is 0.0138. The highest BCUT2D eigenvalue weighted by molar-refractivity contribution is 6.31. The smallest absolute Gasteiger partial charge is 0.265 e. The third-order valence-electron chi connectivity index (χ3n) is 3.78. The molecule has 122 valence electrons. The average molecular weight is 326 g/mol. The molecule has 1 amide bonds. The van der Waals surface area contributed by atoms with Crippen LogP contribution in [0.5, 0.6) is 5.75 Å². The zero-order valence-electron chi connectivity index (χ0n) is 12.7. The highest BCUT2D eigenvalue weighted by Crippen LogP contribution is 2.27. The number of carbonyl (C=O) groups is 3. The van der Waals surface area contributed by atoms with Gasteiger partial charge in [-0.15, -0.1) is 0 Å². The molecule has 0 saturated heterocycles. The number of benzene rings is 2. The number of carbonyl (C=O) groups excluding carboxylic acids is 3. The first-order valence-electron chi connectivity index (χ1n) is 7.10. The van der Waals surface area contributed by atoms with Crippen LogP contribution in [0.1, 0.15) is 31.1 Å². The van der Waals surface area contributed by atoms with Gasteiger partial charge in [-0.25, -0.2) is 0 Å². The lowest BCUT2D eigenvalue weighted by atomic mass is 10.1. The van der Waals surface area contributed by atoms with E-state index in [2.05, 4.69) is 10.9 Å². The minimum absolute atomic E-state index is 0.108. The summed E-state index contributed by atoms with van der Waals surface area (Å²) in [6.07, 6.45) is 0. The van der Waals surface area contributed by atoms with Gasteiger partial charge >= 0.3 is 0 Å². The highest BCUT2D eigenvalue weighted by Gasteiger charge is 2.52. The maximum absolute atomic E-state index is 12.3. The standard InChI is InChI=1S/C17H14N2O5/c1-24-11-8-6-10(7-9-11)16(22)18-19-17(23)14(20)12-4-2-3-5-13(12)15(17)21/h2-9,19,23H,1H3,(H,18,22). The van der Waals surface area contributed by atoms with Gasteiger partial charge in [0.1, 0.15) is 5.75 Å². The summed E-state index contributed by atoms with van der Waals surface area (Å²) in [7, 11) is 1.50. The Balaban J connectivity index is 1.75. The third-order valence-corrected chi connectivity index (χ3v) is 3.78. The predicted molar refractivity (Wildman–Crippen MR) is 83.6 cm³/mol. The molecule has 7 heteroatoms. The molecule has 3 rings (SSSR count). The van der Waals surface area contributed by atoms with Crippen molar-refractivity contribution in [3.63, 3.8) is 0 Å². The fourth-order valence-corrected chi connectivity index (χ4v) is 2.45. The summed E-state index contributed by atoms with van der Waals surface area (Å²) in [4.78, 5) is 36.6. The fourth-order valence-electron chi connectivity index (χ4n) is 2.45. The van der Waals surface area contributed by atoms with Crippen molar-refractivity contribution in [3.8, 4) is 5.75 Å². The Morgan fingerprint density at radius 3 is 2.04 bits per heavy atom. The number of hydrogen-bond acceptors (Lipinski definition) is 6. The van der Waals surface area contributed by atoms with Gasteiger partial charge in [0.05, 0.1) is 7.11 Å². The lowest BCUT2D eigenvalue weighted by Gasteiger charge is -2.21. The van der Waals surface area contributed by atoms with Crippen LogP contribution in [0.15, 0.2) is 48.5 Å². The van der Waals surface area contributed by atoms with Gasteiger partial charge in [0.2, 0.25) is 11.6 Å². The SMILES string of the molecule is COc1ccc(C(=O)NNC2(O)C(=O)c3ccccc3C2=O)cc1. The summed E-state index contributed by atoms with van der Waals surface area (Å²) in [6.45, 7) is 0. The summed E-state index contributed by atoms with van der Waals surface area (Å²) in [5, 5.41) is 10.4. The molecule has 0 aliphatic heterocycles. The molecular formula is C17H14N2O5. The average Bonchev–Trinajstić information content (AvgIpc) is 2.82. The van der Waals surface area contributed by atoms with Gasteiger partial charge in [-0.1, -0.05) is 24.3 Å². The first-order chi connectivity index (χ1) is 11.5. The van der Waals surface area contributed by atoms with Crippen LogP contribution in [0.4, 0.5) is 0 Å². The second kappa shape index (κ2) is 5.88. The largest absolute Gasteiger partial charge is 0.497 e. The van der Waals surface area contributed by atoms with E-state index in [0.29, 0.717) is 5.75 Å². The summed E-state index contributed by atoms with van der Waals surface area (Å²) in [5.74, 6) is -1.64. The van der Waals surface area contributed by atoms with Crippen molar-refractivity contribution in [3.05, 3.63) is 65.2 Å². The number of methoxy groups -OCH3 is 1. The number of fused-ring (bicyclic) bond motifs is 1. The molecular weight excluding hydrogens is 312 g/mol. The predicted octanol–water partition coefficient (Wildman–Crippen LogP) is 0.697. The first kappa shape index (κ1) is 15.9. The number of amides is 1. The van der Waals surface area contributed by atoms with E-state index in [1.54, 1.807) is 24.3 Å². The Morgan fingerprint density at radius 2 is 1.54 bits per heavy atom. The highest BCUT2D eigenvalue weighted by atomic mass is 16.5. The second-order valence-electron chi connectivity index (χ2n) is 5.22. The molecule has 0 spiro atoms. The number of aliphatic hydroxyl groups is 1. The van der Waals surface area contributed by atoms with E-state index in [1.165, 1.54) is 31.4 Å². The zero-order valence-corrected chi connectivity index (χ0v) is 12.7. The summed E-state index contributed by atoms with van der Waals surface area (Å²) < 4.78 is 4.99. The van der Waals surface area contributed by atoms with E-state index in [-0.39, 0.29) is 16.7 Å². The van der Waals surface area contributed by atoms with E-state index >= 15 is 0 Å². The molecule has 0 atom stereocenters. The van der Waals surface area contributed by atoms with Gasteiger partial charge in [0, 0.05) is 16.7 Å². The molecule has 0 fully saturated rings. The molecule has 0 bridgehead atoms. The molecule has 0 saturated carbocycles. The molecule has 0 aromatic heterocycles. The number of hydrogen-bond donors (Lipinski definition) is 3. The van der Waals surface area contributed by atoms with Crippen LogP contribution in [0, 0.1) is 0 Å². The maximum atomic E-state index is 12.3. The maximum Gasteiger partial charge on any atom is 0.265 e. The molecule has 24 heavy (non-hydrogen) atoms. The number of ether oxygens (including phenoxy) is 1. The Morgan fingerprint density at radius 1 is 1.00 bits per heavy atom. The quantitative estimate of drug-likeness (QED) is 0.434. The van der Waals surface area contributed by atoms with Crippen molar-refractivity contribution < 1.29 is 24.2 Å². The minimum Gasteiger partial charge on any atom is -0.497 e. The van der Waals surface area contributed by atoms with E-state index in [9.17, 15) is 19.5 Å². The number of Topliss-reactive ketones (excluding diaryl/α,β-unsaturated/α-hetero) is 2. The van der Waals surface area contributed by atoms with Crippen LogP contribution < -0.4 is 15.6 Å². The number of ketones is 2. The zero-order chi connectivity index (χ0) is 17.3. The number of nitrogens with one attached hydrogen (secondary N) is 2. The molecule has 2 aromatic carbocycles. The second-order valence-corrected chi connectivity index (χ2v) is 5.22. The van der Waals surface area contributed by atoms with Crippen molar-refractivity contribution in [2.24, 2.45) is 0 Å². The van der Waals surface area contributed by atoms with Gasteiger partial charge in [-0.05, 0) is 24.3 Å². The molecule has 1 aliphatic carbocycles. The minimum atomic E-state index is -2.51. The van der Waals surface area contributed by atoms with Crippen molar-refractivity contribution in [1.82, 2.24) is 10.9 Å². The fraction of sp³-hybridized carbons (Fsp3) is 0.118.